The van der Waals surface area contributed by atoms with E-state index >= 15 is 0 Å². The number of likely N-dealkylation sites (tertiary alicyclic amines) is 1. The van der Waals surface area contributed by atoms with E-state index in [1.54, 1.807) is 6.20 Å². The van der Waals surface area contributed by atoms with Gasteiger partial charge in [0.05, 0.1) is 12.2 Å². The number of aromatic nitrogens is 2. The number of carbonyl (C=O) groups excluding carboxylic acids is 2. The van der Waals surface area contributed by atoms with Crippen LogP contribution in [-0.2, 0) is 5.41 Å². The number of nitrogens with two attached hydrogens (primary N) is 1. The van der Waals surface area contributed by atoms with Gasteiger partial charge < -0.3 is 30.7 Å². The van der Waals surface area contributed by atoms with Crippen molar-refractivity contribution in [2.45, 2.75) is 81.8 Å². The van der Waals surface area contributed by atoms with Gasteiger partial charge in [-0.1, -0.05) is 19.1 Å². The molecule has 5 fully saturated rings. The van der Waals surface area contributed by atoms with Crippen LogP contribution in [0.2, 0.25) is 0 Å². The zero-order chi connectivity index (χ0) is 28.1. The Morgan fingerprint density at radius 3 is 2.27 bits per heavy atom. The van der Waals surface area contributed by atoms with Gasteiger partial charge >= 0.3 is 6.03 Å². The molecule has 3 aliphatic heterocycles. The third-order valence-electron chi connectivity index (χ3n) is 10.0. The molecule has 0 radical (unpaired) electrons. The zero-order valence-electron chi connectivity index (χ0n) is 24.1. The lowest BCUT2D eigenvalue weighted by Gasteiger charge is -2.40. The van der Waals surface area contributed by atoms with Gasteiger partial charge in [0.2, 0.25) is 0 Å². The van der Waals surface area contributed by atoms with Crippen molar-refractivity contribution in [3.63, 3.8) is 0 Å². The zero-order valence-corrected chi connectivity index (χ0v) is 24.1. The molecule has 3 saturated heterocycles. The summed E-state index contributed by atoms with van der Waals surface area (Å²) < 4.78 is 0. The number of benzene rings is 1. The maximum absolute atomic E-state index is 13.0. The van der Waals surface area contributed by atoms with Crippen molar-refractivity contribution in [2.75, 3.05) is 49.5 Å². The van der Waals surface area contributed by atoms with Gasteiger partial charge in [0.15, 0.2) is 11.5 Å². The molecule has 1 atom stereocenters. The van der Waals surface area contributed by atoms with E-state index in [1.807, 2.05) is 9.80 Å². The van der Waals surface area contributed by atoms with Crippen molar-refractivity contribution in [2.24, 2.45) is 5.73 Å². The van der Waals surface area contributed by atoms with Gasteiger partial charge in [-0.25, -0.2) is 14.8 Å². The normalized spacial score (nSPS) is 25.0. The summed E-state index contributed by atoms with van der Waals surface area (Å²) in [4.78, 5) is 43.5. The molecule has 1 aromatic heterocycles. The largest absolute Gasteiger partial charge is 0.364 e. The standard InChI is InChI=1S/C31H42N8O2/c1-31(12-15-36(16-13-31)23-8-9-23)21-4-6-22(7-5-21)34-29-27(28(32)40)33-19-26(35-29)37-14-2-3-25(20-37)39-18-17-38(30(39)41)24-10-11-24/h4-7,19,23-25H,2-3,8-18,20H2,1H3,(H2,32,40)(H,34,35). The van der Waals surface area contributed by atoms with E-state index in [2.05, 4.69) is 51.3 Å². The molecule has 41 heavy (non-hydrogen) atoms. The fraction of sp³-hybridized carbons (Fsp3) is 0.613. The molecule has 3 N–H and O–H groups in total. The van der Waals surface area contributed by atoms with Gasteiger partial charge in [0.25, 0.3) is 5.91 Å². The van der Waals surface area contributed by atoms with E-state index in [0.29, 0.717) is 24.2 Å². The molecule has 1 unspecified atom stereocenters. The van der Waals surface area contributed by atoms with E-state index in [0.717, 1.165) is 57.0 Å². The Bertz CT molecular complexity index is 1300. The molecule has 1 aromatic carbocycles. The minimum absolute atomic E-state index is 0.126. The quantitative estimate of drug-likeness (QED) is 0.508. The van der Waals surface area contributed by atoms with Crippen LogP contribution in [-0.4, -0.2) is 94.0 Å². The lowest BCUT2D eigenvalue weighted by molar-refractivity contribution is 0.0996. The molecule has 4 heterocycles. The number of nitrogens with one attached hydrogen (secondary N) is 1. The Morgan fingerprint density at radius 1 is 0.927 bits per heavy atom. The van der Waals surface area contributed by atoms with Crippen LogP contribution in [0.25, 0.3) is 0 Å². The Hall–Kier alpha value is -3.40. The maximum Gasteiger partial charge on any atom is 0.320 e. The van der Waals surface area contributed by atoms with Crippen molar-refractivity contribution in [1.29, 1.82) is 0 Å². The molecule has 2 saturated carbocycles. The first-order valence-electron chi connectivity index (χ1n) is 15.5. The van der Waals surface area contributed by atoms with Crippen LogP contribution >= 0.6 is 0 Å². The maximum atomic E-state index is 13.0. The predicted octanol–water partition coefficient (Wildman–Crippen LogP) is 3.70. The van der Waals surface area contributed by atoms with Gasteiger partial charge in [-0.15, -0.1) is 0 Å². The van der Waals surface area contributed by atoms with Crippen molar-refractivity contribution in [1.82, 2.24) is 24.7 Å². The van der Waals surface area contributed by atoms with Crippen LogP contribution in [0.3, 0.4) is 0 Å². The molecule has 10 nitrogen and oxygen atoms in total. The number of urea groups is 1. The van der Waals surface area contributed by atoms with Gasteiger partial charge in [-0.3, -0.25) is 4.79 Å². The number of nitrogens with zero attached hydrogens (tertiary/aromatic N) is 6. The first-order valence-corrected chi connectivity index (χ1v) is 15.5. The number of rotatable bonds is 8. The first kappa shape index (κ1) is 26.5. The van der Waals surface area contributed by atoms with E-state index in [-0.39, 0.29) is 23.2 Å². The Balaban J connectivity index is 1.05. The molecule has 3 amide bonds. The third-order valence-corrected chi connectivity index (χ3v) is 10.0. The van der Waals surface area contributed by atoms with Gasteiger partial charge in [-0.2, -0.15) is 0 Å². The monoisotopic (exact) mass is 558 g/mol. The molecule has 7 rings (SSSR count). The first-order chi connectivity index (χ1) is 19.9. The molecule has 0 spiro atoms. The highest BCUT2D eigenvalue weighted by Gasteiger charge is 2.42. The highest BCUT2D eigenvalue weighted by atomic mass is 16.2. The third kappa shape index (κ3) is 5.34. The SMILES string of the molecule is CC1(c2ccc(Nc3nc(N4CCCC(N5CCN(C6CC6)C5=O)C4)cnc3C(N)=O)cc2)CCN(C2CC2)CC1. The summed E-state index contributed by atoms with van der Waals surface area (Å²) in [6.07, 6.45) is 10.9. The second-order valence-electron chi connectivity index (χ2n) is 13.0. The van der Waals surface area contributed by atoms with E-state index in [1.165, 1.54) is 44.3 Å². The van der Waals surface area contributed by atoms with Crippen LogP contribution in [0.5, 0.6) is 0 Å². The van der Waals surface area contributed by atoms with Crippen LogP contribution < -0.4 is 16.0 Å². The number of hydrogen-bond acceptors (Lipinski definition) is 7. The topological polar surface area (TPSA) is 111 Å². The fourth-order valence-corrected chi connectivity index (χ4v) is 7.06. The van der Waals surface area contributed by atoms with Crippen molar-refractivity contribution in [3.05, 3.63) is 41.7 Å². The van der Waals surface area contributed by atoms with Gasteiger partial charge in [-0.05, 0) is 87.6 Å². The number of piperidine rings is 2. The smallest absolute Gasteiger partial charge is 0.320 e. The highest BCUT2D eigenvalue weighted by Crippen LogP contribution is 2.39. The molecular weight excluding hydrogens is 516 g/mol. The molecule has 2 aromatic rings. The average Bonchev–Trinajstić information content (AvgIpc) is 3.92. The highest BCUT2D eigenvalue weighted by molar-refractivity contribution is 5.96. The molecule has 218 valence electrons. The number of amides is 3. The van der Waals surface area contributed by atoms with Crippen molar-refractivity contribution < 1.29 is 9.59 Å². The van der Waals surface area contributed by atoms with Crippen LogP contribution in [0, 0.1) is 0 Å². The van der Waals surface area contributed by atoms with Crippen molar-refractivity contribution >= 4 is 29.3 Å². The lowest BCUT2D eigenvalue weighted by atomic mass is 9.74. The number of primary amides is 1. The van der Waals surface area contributed by atoms with Crippen LogP contribution in [0.4, 0.5) is 22.1 Å². The minimum Gasteiger partial charge on any atom is -0.364 e. The van der Waals surface area contributed by atoms with Crippen LogP contribution in [0.15, 0.2) is 30.5 Å². The average molecular weight is 559 g/mol. The number of carbonyl (C=O) groups is 2. The number of anilines is 3. The molecule has 5 aliphatic rings. The second-order valence-corrected chi connectivity index (χ2v) is 13.0. The lowest BCUT2D eigenvalue weighted by Crippen LogP contribution is -2.50. The Labute approximate surface area is 242 Å². The van der Waals surface area contributed by atoms with Crippen molar-refractivity contribution in [3.8, 4) is 0 Å². The minimum atomic E-state index is -0.613. The van der Waals surface area contributed by atoms with Gasteiger partial charge in [0, 0.05) is 44.0 Å². The predicted molar refractivity (Wildman–Crippen MR) is 159 cm³/mol. The summed E-state index contributed by atoms with van der Waals surface area (Å²) in [6.45, 7) is 7.89. The number of hydrogen-bond donors (Lipinski definition) is 2. The molecule has 10 heteroatoms. The summed E-state index contributed by atoms with van der Waals surface area (Å²) in [7, 11) is 0. The summed E-state index contributed by atoms with van der Waals surface area (Å²) in [6, 6.07) is 10.1. The van der Waals surface area contributed by atoms with E-state index in [4.69, 9.17) is 10.7 Å². The summed E-state index contributed by atoms with van der Waals surface area (Å²) in [5, 5.41) is 3.32. The summed E-state index contributed by atoms with van der Waals surface area (Å²) >= 11 is 0. The van der Waals surface area contributed by atoms with E-state index < -0.39 is 5.91 Å². The molecule has 0 bridgehead atoms. The second kappa shape index (κ2) is 10.5. The van der Waals surface area contributed by atoms with Crippen LogP contribution in [0.1, 0.15) is 74.3 Å². The Kier molecular flexibility index (Phi) is 6.76. The van der Waals surface area contributed by atoms with E-state index in [9.17, 15) is 9.59 Å². The summed E-state index contributed by atoms with van der Waals surface area (Å²) in [5.74, 6) is 0.447. The van der Waals surface area contributed by atoms with Gasteiger partial charge in [0.1, 0.15) is 5.82 Å². The summed E-state index contributed by atoms with van der Waals surface area (Å²) in [5.41, 5.74) is 8.19. The molecule has 2 aliphatic carbocycles. The molecular formula is C31H42N8O2. The fourth-order valence-electron chi connectivity index (χ4n) is 7.06. The Morgan fingerprint density at radius 2 is 1.61 bits per heavy atom.